The minimum atomic E-state index is -2.07. The minimum absolute atomic E-state index is 0.000416. The third kappa shape index (κ3) is 3.86. The number of Topliss-reactive ketones (excluding diaryl/α,β-unsaturated/α-hetero) is 2. The molecule has 1 aromatic heterocycles. The fraction of sp³-hybridized carbons (Fsp3) is 0.355. The second-order valence-electron chi connectivity index (χ2n) is 11.1. The molecular weight excluding hydrogens is 610 g/mol. The van der Waals surface area contributed by atoms with Gasteiger partial charge in [-0.3, -0.25) is 23.5 Å². The zero-order valence-electron chi connectivity index (χ0n) is 25.5. The number of aromatic nitrogens is 2. The van der Waals surface area contributed by atoms with E-state index in [0.717, 1.165) is 4.57 Å². The summed E-state index contributed by atoms with van der Waals surface area (Å²) in [7, 11) is 8.30. The Kier molecular flexibility index (Phi) is 6.92. The fourth-order valence-corrected chi connectivity index (χ4v) is 6.87. The monoisotopic (exact) mass is 639 g/mol. The molecule has 3 aromatic rings. The largest absolute Gasteiger partial charge is 0.502 e. The molecular formula is C31H30ClN3O10. The molecule has 45 heavy (non-hydrogen) atoms. The van der Waals surface area contributed by atoms with Gasteiger partial charge in [-0.1, -0.05) is 18.5 Å². The average molecular weight is 640 g/mol. The topological polar surface area (TPSA) is 157 Å². The van der Waals surface area contributed by atoms with E-state index in [1.807, 2.05) is 0 Å². The number of rotatable bonds is 5. The van der Waals surface area contributed by atoms with E-state index in [1.54, 1.807) is 6.92 Å². The van der Waals surface area contributed by atoms with Crippen molar-refractivity contribution in [2.75, 3.05) is 33.8 Å². The van der Waals surface area contributed by atoms with Gasteiger partial charge in [-0.2, -0.15) is 0 Å². The van der Waals surface area contributed by atoms with Crippen LogP contribution >= 0.6 is 11.6 Å². The first-order valence-electron chi connectivity index (χ1n) is 13.9. The lowest BCUT2D eigenvalue weighted by Crippen LogP contribution is -2.58. The Morgan fingerprint density at radius 1 is 0.911 bits per heavy atom. The van der Waals surface area contributed by atoms with E-state index in [4.69, 9.17) is 35.3 Å². The Hall–Kier alpha value is -4.91. The minimum Gasteiger partial charge on any atom is -0.502 e. The molecule has 0 bridgehead atoms. The number of fused-ring (bicyclic) bond motifs is 2. The Morgan fingerprint density at radius 3 is 2.09 bits per heavy atom. The van der Waals surface area contributed by atoms with E-state index >= 15 is 4.79 Å². The zero-order chi connectivity index (χ0) is 32.7. The van der Waals surface area contributed by atoms with Crippen molar-refractivity contribution in [1.29, 1.82) is 0 Å². The van der Waals surface area contributed by atoms with Gasteiger partial charge in [-0.05, 0) is 24.1 Å². The van der Waals surface area contributed by atoms with Crippen LogP contribution in [-0.4, -0.2) is 59.8 Å². The fourth-order valence-electron chi connectivity index (χ4n) is 6.60. The van der Waals surface area contributed by atoms with Crippen molar-refractivity contribution < 1.29 is 38.4 Å². The van der Waals surface area contributed by atoms with Crippen molar-refractivity contribution in [3.63, 3.8) is 0 Å². The third-order valence-electron chi connectivity index (χ3n) is 8.91. The van der Waals surface area contributed by atoms with Crippen LogP contribution in [0.15, 0.2) is 39.1 Å². The number of phenolic OH excluding ortho intramolecular Hbond substituents is 1. The zero-order valence-corrected chi connectivity index (χ0v) is 26.2. The number of nitrogens with one attached hydrogen (secondary N) is 1. The molecule has 1 spiro atoms. The molecule has 3 heterocycles. The van der Waals surface area contributed by atoms with Crippen LogP contribution in [0.5, 0.6) is 34.5 Å². The van der Waals surface area contributed by atoms with Gasteiger partial charge in [0.2, 0.25) is 22.9 Å². The molecule has 236 valence electrons. The first-order valence-corrected chi connectivity index (χ1v) is 14.2. The van der Waals surface area contributed by atoms with E-state index < -0.39 is 40.3 Å². The van der Waals surface area contributed by atoms with Crippen LogP contribution in [-0.2, 0) is 18.9 Å². The highest BCUT2D eigenvalue weighted by molar-refractivity contribution is 6.36. The number of carbonyl (C=O) groups is 2. The van der Waals surface area contributed by atoms with Crippen molar-refractivity contribution >= 4 is 29.0 Å². The first kappa shape index (κ1) is 30.1. The highest BCUT2D eigenvalue weighted by Crippen LogP contribution is 2.57. The lowest BCUT2D eigenvalue weighted by molar-refractivity contribution is -0.130. The molecule has 0 saturated carbocycles. The summed E-state index contributed by atoms with van der Waals surface area (Å²) in [6.07, 6.45) is 0.115. The van der Waals surface area contributed by atoms with Crippen molar-refractivity contribution in [3.8, 4) is 34.5 Å². The number of ether oxygens (including phenoxy) is 5. The van der Waals surface area contributed by atoms with Crippen LogP contribution in [0.1, 0.15) is 40.7 Å². The Morgan fingerprint density at radius 2 is 1.51 bits per heavy atom. The van der Waals surface area contributed by atoms with E-state index in [0.29, 0.717) is 11.3 Å². The number of hydrogen-bond donors (Lipinski definition) is 2. The standard InChI is InChI=1S/C31H30ClN3O10/c1-12-8-14-20(26(37)31(12)27(38)21-15(41-4)11-16(42-5)23(32)25(21)45-31)19(13-9-17(43-6)24(36)18(10-13)44-7)22-28(33-14)34(2)30(40)35(3)29(22)39/h9-12,19,33,36H,8H2,1-7H3/t12-,19-,31+/m1/s1. The molecule has 0 fully saturated rings. The number of phenols is 1. The van der Waals surface area contributed by atoms with Crippen molar-refractivity contribution in [2.45, 2.75) is 24.9 Å². The van der Waals surface area contributed by atoms with Gasteiger partial charge in [0, 0.05) is 43.3 Å². The number of allylic oxidation sites excluding steroid dienone is 1. The number of nitrogens with zero attached hydrogens (tertiary/aromatic N) is 2. The number of hydrogen-bond acceptors (Lipinski definition) is 11. The van der Waals surface area contributed by atoms with Crippen LogP contribution in [0.3, 0.4) is 0 Å². The lowest BCUT2D eigenvalue weighted by Gasteiger charge is -2.42. The van der Waals surface area contributed by atoms with E-state index in [9.17, 15) is 19.5 Å². The summed E-state index contributed by atoms with van der Waals surface area (Å²) in [6, 6.07) is 4.40. The number of carbonyl (C=O) groups excluding carboxylic acids is 2. The number of ketones is 2. The van der Waals surface area contributed by atoms with Gasteiger partial charge in [0.05, 0.1) is 34.0 Å². The summed E-state index contributed by atoms with van der Waals surface area (Å²) in [5, 5.41) is 13.8. The maximum atomic E-state index is 15.0. The molecule has 13 nitrogen and oxygen atoms in total. The van der Waals surface area contributed by atoms with E-state index in [1.165, 1.54) is 65.3 Å². The normalized spacial score (nSPS) is 21.5. The summed E-state index contributed by atoms with van der Waals surface area (Å²) in [6.45, 7) is 1.70. The smallest absolute Gasteiger partial charge is 0.332 e. The van der Waals surface area contributed by atoms with Gasteiger partial charge >= 0.3 is 5.69 Å². The number of benzene rings is 2. The van der Waals surface area contributed by atoms with Crippen LogP contribution in [0.25, 0.3) is 0 Å². The molecule has 0 radical (unpaired) electrons. The second kappa shape index (κ2) is 10.3. The molecule has 14 heteroatoms. The van der Waals surface area contributed by atoms with Gasteiger partial charge in [0.1, 0.15) is 27.9 Å². The number of methoxy groups -OCH3 is 4. The Bertz CT molecular complexity index is 1970. The maximum Gasteiger partial charge on any atom is 0.332 e. The molecule has 2 N–H and O–H groups in total. The quantitative estimate of drug-likeness (QED) is 0.396. The van der Waals surface area contributed by atoms with Crippen LogP contribution in [0, 0.1) is 5.92 Å². The molecule has 0 amide bonds. The predicted molar refractivity (Wildman–Crippen MR) is 162 cm³/mol. The molecule has 3 atom stereocenters. The lowest BCUT2D eigenvalue weighted by atomic mass is 9.66. The number of halogens is 1. The number of aromatic hydroxyl groups is 1. The van der Waals surface area contributed by atoms with Gasteiger partial charge < -0.3 is 34.1 Å². The average Bonchev–Trinajstić information content (AvgIpc) is 3.35. The van der Waals surface area contributed by atoms with Gasteiger partial charge in [0.15, 0.2) is 17.2 Å². The van der Waals surface area contributed by atoms with E-state index in [2.05, 4.69) is 5.32 Å². The molecule has 0 saturated heterocycles. The summed E-state index contributed by atoms with van der Waals surface area (Å²) < 4.78 is 30.2. The van der Waals surface area contributed by atoms with Gasteiger partial charge in [-0.15, -0.1) is 0 Å². The second-order valence-corrected chi connectivity index (χ2v) is 11.5. The SMILES string of the molecule is COc1cc([C@@H]2C3=C(C[C@@H](C)[C@]4(Oc5c(Cl)c(OC)cc(OC)c5C4=O)C3=O)Nc3c2c(=O)n(C)c(=O)n3C)cc(OC)c1O. The predicted octanol–water partition coefficient (Wildman–Crippen LogP) is 2.91. The summed E-state index contributed by atoms with van der Waals surface area (Å²) in [4.78, 5) is 56.3. The van der Waals surface area contributed by atoms with Crippen LogP contribution in [0.4, 0.5) is 5.82 Å². The summed E-state index contributed by atoms with van der Waals surface area (Å²) in [5.41, 5.74) is -2.47. The highest BCUT2D eigenvalue weighted by atomic mass is 35.5. The van der Waals surface area contributed by atoms with Crippen molar-refractivity contribution in [1.82, 2.24) is 9.13 Å². The summed E-state index contributed by atoms with van der Waals surface area (Å²) >= 11 is 6.61. The third-order valence-corrected chi connectivity index (χ3v) is 9.27. The van der Waals surface area contributed by atoms with Crippen LogP contribution in [0.2, 0.25) is 5.02 Å². The highest BCUT2D eigenvalue weighted by Gasteiger charge is 2.64. The summed E-state index contributed by atoms with van der Waals surface area (Å²) in [5.74, 6) is -3.05. The van der Waals surface area contributed by atoms with Crippen LogP contribution < -0.4 is 40.3 Å². The van der Waals surface area contributed by atoms with E-state index in [-0.39, 0.29) is 68.5 Å². The molecule has 3 aliphatic rings. The van der Waals surface area contributed by atoms with Gasteiger partial charge in [0.25, 0.3) is 5.56 Å². The Balaban J connectivity index is 1.65. The van der Waals surface area contributed by atoms with Crippen molar-refractivity contribution in [2.24, 2.45) is 20.0 Å². The molecule has 2 aromatic carbocycles. The maximum absolute atomic E-state index is 15.0. The number of anilines is 1. The molecule has 2 aliphatic heterocycles. The first-order chi connectivity index (χ1) is 21.4. The molecule has 6 rings (SSSR count). The van der Waals surface area contributed by atoms with Crippen molar-refractivity contribution in [3.05, 3.63) is 72.0 Å². The van der Waals surface area contributed by atoms with Gasteiger partial charge in [-0.25, -0.2) is 4.79 Å². The Labute approximate surface area is 261 Å². The molecule has 0 unspecified atom stereocenters. The molecule has 1 aliphatic carbocycles.